The number of nitrogens with one attached hydrogen (secondary N) is 1. The molecule has 0 saturated carbocycles. The monoisotopic (exact) mass is 270 g/mol. The van der Waals surface area contributed by atoms with Crippen LogP contribution in [-0.2, 0) is 0 Å². The molecule has 0 atom stereocenters. The van der Waals surface area contributed by atoms with Crippen LogP contribution in [0.15, 0.2) is 34.7 Å². The fourth-order valence-corrected chi connectivity index (χ4v) is 1.87. The highest BCUT2D eigenvalue weighted by atomic mass is 35.5. The standard InChI is InChI=1S/C11H8Cl2N2O2/c12-6-1-2-7(8(13)5-6)9-3-4-10(17-9)11(16)15-14/h1-5H,14H2,(H,15,16). The highest BCUT2D eigenvalue weighted by Crippen LogP contribution is 2.31. The van der Waals surface area contributed by atoms with E-state index in [1.54, 1.807) is 24.3 Å². The molecule has 0 fully saturated rings. The first kappa shape index (κ1) is 12.0. The molecule has 2 aromatic rings. The maximum Gasteiger partial charge on any atom is 0.300 e. The minimum atomic E-state index is -0.499. The fourth-order valence-electron chi connectivity index (χ4n) is 1.37. The molecule has 0 radical (unpaired) electrons. The molecule has 4 nitrogen and oxygen atoms in total. The van der Waals surface area contributed by atoms with Gasteiger partial charge in [0, 0.05) is 10.6 Å². The molecule has 1 heterocycles. The van der Waals surface area contributed by atoms with E-state index in [4.69, 9.17) is 33.5 Å². The van der Waals surface area contributed by atoms with Gasteiger partial charge in [-0.2, -0.15) is 0 Å². The molecule has 6 heteroatoms. The third-order valence-corrected chi connectivity index (χ3v) is 2.71. The first-order chi connectivity index (χ1) is 8.11. The van der Waals surface area contributed by atoms with E-state index in [1.165, 1.54) is 6.07 Å². The van der Waals surface area contributed by atoms with Crippen molar-refractivity contribution in [3.63, 3.8) is 0 Å². The summed E-state index contributed by atoms with van der Waals surface area (Å²) in [6.45, 7) is 0. The van der Waals surface area contributed by atoms with Crippen LogP contribution in [0.25, 0.3) is 11.3 Å². The van der Waals surface area contributed by atoms with Crippen molar-refractivity contribution in [3.05, 3.63) is 46.1 Å². The quantitative estimate of drug-likeness (QED) is 0.501. The second-order valence-electron chi connectivity index (χ2n) is 3.26. The van der Waals surface area contributed by atoms with Crippen LogP contribution in [-0.4, -0.2) is 5.91 Å². The van der Waals surface area contributed by atoms with Gasteiger partial charge < -0.3 is 4.42 Å². The predicted octanol–water partition coefficient (Wildman–Crippen LogP) is 2.86. The molecule has 0 spiro atoms. The van der Waals surface area contributed by atoms with Crippen LogP contribution in [0.4, 0.5) is 0 Å². The zero-order valence-corrected chi connectivity index (χ0v) is 10.0. The largest absolute Gasteiger partial charge is 0.451 e. The van der Waals surface area contributed by atoms with Crippen LogP contribution in [0.3, 0.4) is 0 Å². The number of carbonyl (C=O) groups is 1. The van der Waals surface area contributed by atoms with Gasteiger partial charge in [0.25, 0.3) is 0 Å². The van der Waals surface area contributed by atoms with Gasteiger partial charge in [0.15, 0.2) is 5.76 Å². The van der Waals surface area contributed by atoms with E-state index >= 15 is 0 Å². The summed E-state index contributed by atoms with van der Waals surface area (Å²) in [6, 6.07) is 8.16. The topological polar surface area (TPSA) is 68.3 Å². The molecular formula is C11H8Cl2N2O2. The molecule has 88 valence electrons. The van der Waals surface area contributed by atoms with E-state index in [1.807, 2.05) is 5.43 Å². The summed E-state index contributed by atoms with van der Waals surface area (Å²) in [5.74, 6) is 5.10. The molecule has 2 rings (SSSR count). The molecule has 17 heavy (non-hydrogen) atoms. The second kappa shape index (κ2) is 4.79. The lowest BCUT2D eigenvalue weighted by Crippen LogP contribution is -2.29. The van der Waals surface area contributed by atoms with E-state index in [0.717, 1.165) is 0 Å². The third-order valence-electron chi connectivity index (χ3n) is 2.16. The first-order valence-electron chi connectivity index (χ1n) is 4.68. The lowest BCUT2D eigenvalue weighted by molar-refractivity contribution is 0.0927. The van der Waals surface area contributed by atoms with Gasteiger partial charge >= 0.3 is 5.91 Å². The summed E-state index contributed by atoms with van der Waals surface area (Å²) in [6.07, 6.45) is 0. The van der Waals surface area contributed by atoms with E-state index in [0.29, 0.717) is 21.4 Å². The smallest absolute Gasteiger partial charge is 0.300 e. The number of amides is 1. The summed E-state index contributed by atoms with van der Waals surface area (Å²) in [7, 11) is 0. The van der Waals surface area contributed by atoms with Gasteiger partial charge in [-0.25, -0.2) is 5.84 Å². The predicted molar refractivity (Wildman–Crippen MR) is 65.8 cm³/mol. The van der Waals surface area contributed by atoms with Crippen molar-refractivity contribution >= 4 is 29.1 Å². The van der Waals surface area contributed by atoms with Gasteiger partial charge in [0.1, 0.15) is 5.76 Å². The number of furan rings is 1. The lowest BCUT2D eigenvalue weighted by Gasteiger charge is -2.01. The van der Waals surface area contributed by atoms with Crippen molar-refractivity contribution in [2.75, 3.05) is 0 Å². The first-order valence-corrected chi connectivity index (χ1v) is 5.43. The molecular weight excluding hydrogens is 263 g/mol. The summed E-state index contributed by atoms with van der Waals surface area (Å²) < 4.78 is 5.32. The highest BCUT2D eigenvalue weighted by molar-refractivity contribution is 6.36. The Kier molecular flexibility index (Phi) is 3.38. The van der Waals surface area contributed by atoms with Gasteiger partial charge in [-0.1, -0.05) is 23.2 Å². The maximum atomic E-state index is 11.2. The highest BCUT2D eigenvalue weighted by Gasteiger charge is 2.12. The van der Waals surface area contributed by atoms with Crippen molar-refractivity contribution in [2.45, 2.75) is 0 Å². The average molecular weight is 271 g/mol. The summed E-state index contributed by atoms with van der Waals surface area (Å²) >= 11 is 11.8. The third kappa shape index (κ3) is 2.44. The molecule has 0 saturated heterocycles. The molecule has 1 amide bonds. The number of carbonyl (C=O) groups excluding carboxylic acids is 1. The summed E-state index contributed by atoms with van der Waals surface area (Å²) in [5.41, 5.74) is 2.64. The average Bonchev–Trinajstić information content (AvgIpc) is 2.77. The Morgan fingerprint density at radius 1 is 1.24 bits per heavy atom. The number of rotatable bonds is 2. The fraction of sp³-hybridized carbons (Fsp3) is 0. The van der Waals surface area contributed by atoms with Gasteiger partial charge in [-0.3, -0.25) is 10.2 Å². The Balaban J connectivity index is 2.40. The van der Waals surface area contributed by atoms with Gasteiger partial charge in [-0.15, -0.1) is 0 Å². The number of hydrogen-bond acceptors (Lipinski definition) is 3. The van der Waals surface area contributed by atoms with Crippen LogP contribution in [0.5, 0.6) is 0 Å². The van der Waals surface area contributed by atoms with Crippen LogP contribution < -0.4 is 11.3 Å². The van der Waals surface area contributed by atoms with Gasteiger partial charge in [0.05, 0.1) is 5.02 Å². The molecule has 0 aliphatic carbocycles. The van der Waals surface area contributed by atoms with E-state index in [9.17, 15) is 4.79 Å². The van der Waals surface area contributed by atoms with Crippen LogP contribution in [0, 0.1) is 0 Å². The molecule has 1 aromatic heterocycles. The minimum absolute atomic E-state index is 0.119. The Hall–Kier alpha value is -1.49. The van der Waals surface area contributed by atoms with Crippen LogP contribution in [0.1, 0.15) is 10.6 Å². The van der Waals surface area contributed by atoms with Crippen molar-refractivity contribution in [1.82, 2.24) is 5.43 Å². The minimum Gasteiger partial charge on any atom is -0.451 e. The number of hydrazine groups is 1. The van der Waals surface area contributed by atoms with Crippen molar-refractivity contribution in [2.24, 2.45) is 5.84 Å². The summed E-state index contributed by atoms with van der Waals surface area (Å²) in [4.78, 5) is 11.2. The molecule has 0 bridgehead atoms. The normalized spacial score (nSPS) is 10.3. The summed E-state index contributed by atoms with van der Waals surface area (Å²) in [5, 5.41) is 0.983. The number of benzene rings is 1. The Labute approximate surface area is 107 Å². The van der Waals surface area contributed by atoms with Gasteiger partial charge in [-0.05, 0) is 30.3 Å². The van der Waals surface area contributed by atoms with E-state index in [2.05, 4.69) is 0 Å². The second-order valence-corrected chi connectivity index (χ2v) is 4.11. The molecule has 3 N–H and O–H groups in total. The zero-order valence-electron chi connectivity index (χ0n) is 8.54. The maximum absolute atomic E-state index is 11.2. The molecule has 0 aliphatic heterocycles. The molecule has 0 unspecified atom stereocenters. The number of halogens is 2. The van der Waals surface area contributed by atoms with E-state index < -0.39 is 5.91 Å². The Bertz CT molecular complexity index is 566. The SMILES string of the molecule is NNC(=O)c1ccc(-c2ccc(Cl)cc2Cl)o1. The molecule has 1 aromatic carbocycles. The van der Waals surface area contributed by atoms with Crippen LogP contribution >= 0.6 is 23.2 Å². The Morgan fingerprint density at radius 3 is 2.65 bits per heavy atom. The lowest BCUT2D eigenvalue weighted by atomic mass is 10.2. The number of nitrogen functional groups attached to an aromatic ring is 1. The number of hydrogen-bond donors (Lipinski definition) is 2. The van der Waals surface area contributed by atoms with E-state index in [-0.39, 0.29) is 5.76 Å². The Morgan fingerprint density at radius 2 is 2.00 bits per heavy atom. The van der Waals surface area contributed by atoms with Crippen molar-refractivity contribution in [3.8, 4) is 11.3 Å². The van der Waals surface area contributed by atoms with Gasteiger partial charge in [0.2, 0.25) is 0 Å². The van der Waals surface area contributed by atoms with Crippen molar-refractivity contribution in [1.29, 1.82) is 0 Å². The van der Waals surface area contributed by atoms with Crippen LogP contribution in [0.2, 0.25) is 10.0 Å². The van der Waals surface area contributed by atoms with Crippen molar-refractivity contribution < 1.29 is 9.21 Å². The molecule has 0 aliphatic rings. The zero-order chi connectivity index (χ0) is 12.4. The number of nitrogens with two attached hydrogens (primary N) is 1.